The predicted octanol–water partition coefficient (Wildman–Crippen LogP) is 7.03. The summed E-state index contributed by atoms with van der Waals surface area (Å²) < 4.78 is 10.6. The van der Waals surface area contributed by atoms with Gasteiger partial charge in [0.15, 0.2) is 0 Å². The van der Waals surface area contributed by atoms with Crippen molar-refractivity contribution in [3.8, 4) is 11.1 Å². The highest BCUT2D eigenvalue weighted by atomic mass is 35.5. The third-order valence-electron chi connectivity index (χ3n) is 7.87. The molecule has 16 heteroatoms. The Morgan fingerprint density at radius 1 is 0.891 bits per heavy atom. The molecule has 0 radical (unpaired) electrons. The maximum absolute atomic E-state index is 13.1. The third kappa shape index (κ3) is 13.2. The van der Waals surface area contributed by atoms with Gasteiger partial charge >= 0.3 is 18.2 Å². The molecule has 5 N–H and O–H groups in total. The van der Waals surface area contributed by atoms with Crippen molar-refractivity contribution in [2.75, 3.05) is 29.9 Å². The monoisotopic (exact) mass is 796 g/mol. The van der Waals surface area contributed by atoms with E-state index >= 15 is 0 Å². The van der Waals surface area contributed by atoms with E-state index < -0.39 is 47.2 Å². The van der Waals surface area contributed by atoms with Gasteiger partial charge in [0.2, 0.25) is 11.9 Å². The number of anilines is 2. The molecule has 294 valence electrons. The molecule has 0 fully saturated rings. The largest absolute Gasteiger partial charge is 0.480 e. The average Bonchev–Trinajstić information content (AvgIpc) is 3.07. The Labute approximate surface area is 329 Å². The molecule has 1 aliphatic rings. The van der Waals surface area contributed by atoms with Crippen molar-refractivity contribution < 1.29 is 38.6 Å². The fourth-order valence-corrected chi connectivity index (χ4v) is 6.18. The van der Waals surface area contributed by atoms with Crippen LogP contribution in [0.5, 0.6) is 0 Å². The molecule has 0 unspecified atom stereocenters. The van der Waals surface area contributed by atoms with Crippen LogP contribution in [0.4, 0.5) is 21.0 Å². The number of nitrogens with zero attached hydrogens (tertiary/aromatic N) is 2. The predicted molar refractivity (Wildman–Crippen MR) is 212 cm³/mol. The summed E-state index contributed by atoms with van der Waals surface area (Å²) in [5.74, 6) is -2.80. The Kier molecular flexibility index (Phi) is 14.1. The highest BCUT2D eigenvalue weighted by Gasteiger charge is 2.26. The molecule has 0 saturated carbocycles. The van der Waals surface area contributed by atoms with Gasteiger partial charge < -0.3 is 35.4 Å². The number of hydrogen-bond acceptors (Lipinski definition) is 8. The lowest BCUT2D eigenvalue weighted by atomic mass is 10.0. The molecule has 3 aromatic carbocycles. The van der Waals surface area contributed by atoms with Crippen LogP contribution in [-0.4, -0.2) is 77.9 Å². The number of halogens is 2. The Balaban J connectivity index is 1.39. The van der Waals surface area contributed by atoms with Crippen molar-refractivity contribution in [2.24, 2.45) is 4.99 Å². The second-order valence-electron chi connectivity index (χ2n) is 14.7. The number of carboxylic acid groups (broad SMARTS) is 1. The smallest absolute Gasteiger partial charge is 0.437 e. The Morgan fingerprint density at radius 2 is 1.55 bits per heavy atom. The van der Waals surface area contributed by atoms with Crippen molar-refractivity contribution in [3.05, 3.63) is 81.8 Å². The first-order valence-corrected chi connectivity index (χ1v) is 18.3. The number of amides is 4. The maximum atomic E-state index is 13.1. The number of alkyl carbamates (subject to hydrolysis) is 1. The number of ether oxygens (including phenoxy) is 2. The number of aryl methyl sites for hydroxylation is 1. The number of aliphatic carboxylic acids is 1. The Hall–Kier alpha value is -5.34. The highest BCUT2D eigenvalue weighted by Crippen LogP contribution is 2.32. The normalized spacial score (nSPS) is 13.5. The minimum absolute atomic E-state index is 0.0154. The van der Waals surface area contributed by atoms with Crippen molar-refractivity contribution in [2.45, 2.75) is 78.0 Å². The molecule has 0 aromatic heterocycles. The fourth-order valence-electron chi connectivity index (χ4n) is 5.52. The summed E-state index contributed by atoms with van der Waals surface area (Å²) in [6.45, 7) is 10.7. The number of guanidine groups is 1. The Morgan fingerprint density at radius 3 is 2.16 bits per heavy atom. The molecule has 0 saturated heterocycles. The van der Waals surface area contributed by atoms with E-state index in [1.54, 1.807) is 59.7 Å². The van der Waals surface area contributed by atoms with Crippen LogP contribution in [0, 0.1) is 0 Å². The summed E-state index contributed by atoms with van der Waals surface area (Å²) in [6, 6.07) is 16.4. The first-order chi connectivity index (χ1) is 25.8. The summed E-state index contributed by atoms with van der Waals surface area (Å²) in [6.07, 6.45) is -0.121. The number of rotatable bonds is 10. The van der Waals surface area contributed by atoms with Gasteiger partial charge in [-0.2, -0.15) is 0 Å². The standard InChI is InChI=1S/C39H46Cl2N6O8/c1-38(2,3)54-36(52)45-35(46-37(53)55-39(4,5)6)43-26-15-14-24-13-10-17-47(30(24)21-26)18-16-31(48)42-22-29(34(50)51)44-33(49)32-27(40)19-25(20-28(32)41)23-11-8-7-9-12-23/h7-9,11-12,14-15,19-21,29H,10,13,16-18,22H2,1-6H3,(H,42,48)(H,44,49)(H,50,51)(H2,43,45,46,52,53)/t29-/m0/s1. The van der Waals surface area contributed by atoms with Crippen molar-refractivity contribution in [1.29, 1.82) is 0 Å². The number of carbonyl (C=O) groups is 5. The van der Waals surface area contributed by atoms with Crippen molar-refractivity contribution >= 4 is 70.5 Å². The molecule has 1 atom stereocenters. The third-order valence-corrected chi connectivity index (χ3v) is 8.47. The van der Waals surface area contributed by atoms with E-state index in [1.807, 2.05) is 47.4 Å². The van der Waals surface area contributed by atoms with Crippen LogP contribution in [0.1, 0.15) is 70.3 Å². The first-order valence-electron chi connectivity index (χ1n) is 17.6. The maximum Gasteiger partial charge on any atom is 0.437 e. The fraction of sp³-hybridized carbons (Fsp3) is 0.385. The second kappa shape index (κ2) is 18.3. The number of aliphatic imine (C=N–C) groups is 1. The quantitative estimate of drug-likeness (QED) is 0.105. The molecule has 14 nitrogen and oxygen atoms in total. The summed E-state index contributed by atoms with van der Waals surface area (Å²) in [4.78, 5) is 69.2. The number of hydrogen-bond donors (Lipinski definition) is 5. The van der Waals surface area contributed by atoms with Crippen LogP contribution in [0.2, 0.25) is 10.0 Å². The van der Waals surface area contributed by atoms with Crippen molar-refractivity contribution in [3.63, 3.8) is 0 Å². The number of nitrogens with one attached hydrogen (secondary N) is 4. The van der Waals surface area contributed by atoms with Gasteiger partial charge in [0.05, 0.1) is 15.6 Å². The number of benzene rings is 3. The van der Waals surface area contributed by atoms with Crippen molar-refractivity contribution in [1.82, 2.24) is 16.0 Å². The van der Waals surface area contributed by atoms with Gasteiger partial charge in [-0.15, -0.1) is 4.99 Å². The minimum Gasteiger partial charge on any atom is -0.480 e. The first kappa shape index (κ1) is 42.4. The summed E-state index contributed by atoms with van der Waals surface area (Å²) in [7, 11) is 0. The molecular formula is C39H46Cl2N6O8. The van der Waals surface area contributed by atoms with E-state index in [-0.39, 0.29) is 34.5 Å². The van der Waals surface area contributed by atoms with Gasteiger partial charge in [-0.05, 0) is 95.3 Å². The number of carboxylic acids is 1. The topological polar surface area (TPSA) is 188 Å². The van der Waals surface area contributed by atoms with Crippen LogP contribution in [0.3, 0.4) is 0 Å². The highest BCUT2D eigenvalue weighted by molar-refractivity contribution is 6.40. The summed E-state index contributed by atoms with van der Waals surface area (Å²) in [5, 5.41) is 20.3. The number of fused-ring (bicyclic) bond motifs is 1. The molecule has 4 rings (SSSR count). The average molecular weight is 798 g/mol. The van der Waals surface area contributed by atoms with Crippen LogP contribution in [0.15, 0.2) is 65.7 Å². The zero-order chi connectivity index (χ0) is 40.5. The lowest BCUT2D eigenvalue weighted by molar-refractivity contribution is -0.139. The van der Waals surface area contributed by atoms with Gasteiger partial charge in [-0.3, -0.25) is 14.9 Å². The van der Waals surface area contributed by atoms with Crippen LogP contribution in [0.25, 0.3) is 11.1 Å². The summed E-state index contributed by atoms with van der Waals surface area (Å²) >= 11 is 12.8. The molecule has 0 spiro atoms. The second-order valence-corrected chi connectivity index (χ2v) is 15.5. The molecule has 1 aliphatic heterocycles. The van der Waals surface area contributed by atoms with E-state index in [2.05, 4.69) is 26.3 Å². The molecular weight excluding hydrogens is 751 g/mol. The molecule has 0 aliphatic carbocycles. The molecule has 4 amide bonds. The molecule has 3 aromatic rings. The van der Waals surface area contributed by atoms with E-state index in [4.69, 9.17) is 32.7 Å². The minimum atomic E-state index is -1.47. The Bertz CT molecular complexity index is 1920. The summed E-state index contributed by atoms with van der Waals surface area (Å²) in [5.41, 5.74) is 2.14. The molecule has 0 bridgehead atoms. The van der Waals surface area contributed by atoms with Gasteiger partial charge in [-0.25, -0.2) is 14.4 Å². The van der Waals surface area contributed by atoms with Gasteiger partial charge in [0, 0.05) is 37.4 Å². The van der Waals surface area contributed by atoms with E-state index in [0.29, 0.717) is 24.3 Å². The van der Waals surface area contributed by atoms with E-state index in [1.165, 1.54) is 0 Å². The number of carbonyl (C=O) groups excluding carboxylic acids is 4. The molecule has 55 heavy (non-hydrogen) atoms. The van der Waals surface area contributed by atoms with E-state index in [9.17, 15) is 29.1 Å². The molecule has 1 heterocycles. The van der Waals surface area contributed by atoms with Gasteiger partial charge in [0.1, 0.15) is 17.2 Å². The zero-order valence-corrected chi connectivity index (χ0v) is 33.1. The zero-order valence-electron chi connectivity index (χ0n) is 31.5. The van der Waals surface area contributed by atoms with E-state index in [0.717, 1.165) is 29.7 Å². The van der Waals surface area contributed by atoms with Gasteiger partial charge in [-0.1, -0.05) is 59.6 Å². The van der Waals surface area contributed by atoms with Gasteiger partial charge in [0.25, 0.3) is 5.91 Å². The SMILES string of the molecule is CC(C)(C)OC(=O)/N=C(/NC(=O)OC(C)(C)C)Nc1ccc2c(c1)N(CCC(=O)NC[C@H](NC(=O)c1c(Cl)cc(-c3ccccc3)cc1Cl)C(=O)O)CCC2. The lowest BCUT2D eigenvalue weighted by Gasteiger charge is -2.32. The lowest BCUT2D eigenvalue weighted by Crippen LogP contribution is -2.48. The van der Waals surface area contributed by atoms with Crippen LogP contribution >= 0.6 is 23.2 Å². The van der Waals surface area contributed by atoms with Crippen LogP contribution < -0.4 is 26.2 Å². The van der Waals surface area contributed by atoms with Crippen LogP contribution in [-0.2, 0) is 25.5 Å².